The molecular formula is C10H10Cl2F3N3O. The lowest BCUT2D eigenvalue weighted by Gasteiger charge is -2.11. The fourth-order valence-electron chi connectivity index (χ4n) is 1.27. The van der Waals surface area contributed by atoms with Gasteiger partial charge in [-0.1, -0.05) is 11.6 Å². The Kier molecular flexibility index (Phi) is 5.64. The molecule has 0 bridgehead atoms. The van der Waals surface area contributed by atoms with Gasteiger partial charge in [0.1, 0.15) is 0 Å². The van der Waals surface area contributed by atoms with Gasteiger partial charge in [-0.15, -0.1) is 12.4 Å². The van der Waals surface area contributed by atoms with Crippen LogP contribution in [0.3, 0.4) is 0 Å². The molecule has 0 saturated heterocycles. The molecule has 9 heteroatoms. The van der Waals surface area contributed by atoms with Crippen LogP contribution >= 0.6 is 24.0 Å². The molecule has 1 aromatic carbocycles. The van der Waals surface area contributed by atoms with E-state index in [0.29, 0.717) is 6.07 Å². The average Bonchev–Trinajstić information content (AvgIpc) is 2.18. The molecule has 0 aliphatic heterocycles. The number of carbonyl (C=O) groups is 1. The van der Waals surface area contributed by atoms with Gasteiger partial charge in [-0.25, -0.2) is 0 Å². The van der Waals surface area contributed by atoms with Crippen LogP contribution in [0.5, 0.6) is 0 Å². The predicted octanol–water partition coefficient (Wildman–Crippen LogP) is 2.50. The number of rotatable bonds is 1. The molecule has 0 aromatic heterocycles. The Balaban J connectivity index is 0.00000324. The summed E-state index contributed by atoms with van der Waals surface area (Å²) in [6.45, 7) is 1.35. The van der Waals surface area contributed by atoms with Crippen LogP contribution in [-0.2, 0) is 6.18 Å². The highest BCUT2D eigenvalue weighted by Crippen LogP contribution is 2.33. The number of benzene rings is 1. The second-order valence-electron chi connectivity index (χ2n) is 3.49. The van der Waals surface area contributed by atoms with Crippen LogP contribution in [-0.4, -0.2) is 11.9 Å². The minimum absolute atomic E-state index is 0. The van der Waals surface area contributed by atoms with Gasteiger partial charge >= 0.3 is 6.18 Å². The summed E-state index contributed by atoms with van der Waals surface area (Å²) in [5.74, 6) is -1.57. The van der Waals surface area contributed by atoms with E-state index in [9.17, 15) is 18.0 Å². The van der Waals surface area contributed by atoms with Crippen LogP contribution in [0, 0.1) is 6.92 Å². The average molecular weight is 316 g/mol. The van der Waals surface area contributed by atoms with Crippen molar-refractivity contribution in [1.82, 2.24) is 0 Å². The van der Waals surface area contributed by atoms with Crippen molar-refractivity contribution in [3.05, 3.63) is 33.8 Å². The van der Waals surface area contributed by atoms with Gasteiger partial charge in [-0.05, 0) is 24.6 Å². The maximum absolute atomic E-state index is 12.6. The largest absolute Gasteiger partial charge is 0.416 e. The Morgan fingerprint density at radius 1 is 1.32 bits per heavy atom. The number of carbonyl (C=O) groups excluding carboxylic acids is 1. The molecule has 0 saturated carbocycles. The van der Waals surface area contributed by atoms with Crippen molar-refractivity contribution in [2.45, 2.75) is 13.1 Å². The molecule has 19 heavy (non-hydrogen) atoms. The number of hydrogen-bond donors (Lipinski definition) is 2. The van der Waals surface area contributed by atoms with E-state index < -0.39 is 29.2 Å². The van der Waals surface area contributed by atoms with Crippen LogP contribution in [0.4, 0.5) is 13.2 Å². The second-order valence-corrected chi connectivity index (χ2v) is 3.87. The van der Waals surface area contributed by atoms with Gasteiger partial charge in [0.15, 0.2) is 5.96 Å². The zero-order chi connectivity index (χ0) is 14.1. The maximum Gasteiger partial charge on any atom is 0.416 e. The minimum Gasteiger partial charge on any atom is -0.370 e. The molecule has 4 nitrogen and oxygen atoms in total. The highest BCUT2D eigenvalue weighted by atomic mass is 35.5. The van der Waals surface area contributed by atoms with Gasteiger partial charge in [0.05, 0.1) is 16.1 Å². The molecule has 0 atom stereocenters. The SMILES string of the molecule is Cc1cc(C(F)(F)F)cc(C(=O)N=C(N)N)c1Cl.Cl. The van der Waals surface area contributed by atoms with E-state index in [4.69, 9.17) is 23.1 Å². The fraction of sp³-hybridized carbons (Fsp3) is 0.200. The minimum atomic E-state index is -4.58. The van der Waals surface area contributed by atoms with Crippen molar-refractivity contribution in [3.8, 4) is 0 Å². The van der Waals surface area contributed by atoms with Crippen LogP contribution in [0.1, 0.15) is 21.5 Å². The van der Waals surface area contributed by atoms with Crippen molar-refractivity contribution < 1.29 is 18.0 Å². The van der Waals surface area contributed by atoms with Crippen LogP contribution < -0.4 is 11.5 Å². The first-order valence-corrected chi connectivity index (χ1v) is 5.02. The summed E-state index contributed by atoms with van der Waals surface area (Å²) in [5.41, 5.74) is 8.70. The van der Waals surface area contributed by atoms with Crippen molar-refractivity contribution in [2.75, 3.05) is 0 Å². The summed E-state index contributed by atoms with van der Waals surface area (Å²) in [6.07, 6.45) is -4.58. The van der Waals surface area contributed by atoms with Gasteiger partial charge < -0.3 is 11.5 Å². The van der Waals surface area contributed by atoms with E-state index in [2.05, 4.69) is 4.99 Å². The third-order valence-electron chi connectivity index (χ3n) is 2.04. The number of hydrogen-bond acceptors (Lipinski definition) is 1. The Bertz CT molecular complexity index is 525. The molecule has 0 spiro atoms. The number of guanidine groups is 1. The predicted molar refractivity (Wildman–Crippen MR) is 68.6 cm³/mol. The van der Waals surface area contributed by atoms with Gasteiger partial charge in [0.2, 0.25) is 0 Å². The van der Waals surface area contributed by atoms with Crippen LogP contribution in [0.2, 0.25) is 5.02 Å². The van der Waals surface area contributed by atoms with Gasteiger partial charge in [-0.2, -0.15) is 18.2 Å². The molecule has 106 valence electrons. The summed E-state index contributed by atoms with van der Waals surface area (Å²) in [7, 11) is 0. The maximum atomic E-state index is 12.6. The van der Waals surface area contributed by atoms with E-state index in [-0.39, 0.29) is 23.0 Å². The van der Waals surface area contributed by atoms with Crippen molar-refractivity contribution >= 4 is 35.9 Å². The number of aliphatic imine (C=N–C) groups is 1. The van der Waals surface area contributed by atoms with E-state index in [1.54, 1.807) is 0 Å². The first-order chi connectivity index (χ1) is 8.12. The number of nitrogens with two attached hydrogens (primary N) is 2. The zero-order valence-electron chi connectivity index (χ0n) is 9.58. The van der Waals surface area contributed by atoms with E-state index in [1.165, 1.54) is 6.92 Å². The zero-order valence-corrected chi connectivity index (χ0v) is 11.2. The Hall–Kier alpha value is -1.47. The molecule has 1 aromatic rings. The first kappa shape index (κ1) is 17.5. The van der Waals surface area contributed by atoms with Crippen LogP contribution in [0.25, 0.3) is 0 Å². The smallest absolute Gasteiger partial charge is 0.370 e. The third kappa shape index (κ3) is 4.29. The molecule has 0 aliphatic rings. The summed E-state index contributed by atoms with van der Waals surface area (Å²) >= 11 is 5.75. The second kappa shape index (κ2) is 6.12. The topological polar surface area (TPSA) is 81.5 Å². The summed E-state index contributed by atoms with van der Waals surface area (Å²) in [5, 5.41) is -0.113. The lowest BCUT2D eigenvalue weighted by molar-refractivity contribution is -0.137. The first-order valence-electron chi connectivity index (χ1n) is 4.64. The van der Waals surface area contributed by atoms with Gasteiger partial charge in [-0.3, -0.25) is 4.79 Å². The highest BCUT2D eigenvalue weighted by molar-refractivity contribution is 6.34. The molecule has 4 N–H and O–H groups in total. The Morgan fingerprint density at radius 3 is 2.26 bits per heavy atom. The van der Waals surface area contributed by atoms with Crippen molar-refractivity contribution in [3.63, 3.8) is 0 Å². The molecule has 0 unspecified atom stereocenters. The molecule has 1 rings (SSSR count). The number of amides is 1. The highest BCUT2D eigenvalue weighted by Gasteiger charge is 2.32. The van der Waals surface area contributed by atoms with Gasteiger partial charge in [0, 0.05) is 0 Å². The van der Waals surface area contributed by atoms with Crippen molar-refractivity contribution in [1.29, 1.82) is 0 Å². The summed E-state index contributed by atoms with van der Waals surface area (Å²) in [6, 6.07) is 1.46. The summed E-state index contributed by atoms with van der Waals surface area (Å²) < 4.78 is 37.7. The molecule has 1 amide bonds. The molecule has 0 radical (unpaired) electrons. The van der Waals surface area contributed by atoms with E-state index >= 15 is 0 Å². The number of halogens is 5. The molecular weight excluding hydrogens is 306 g/mol. The van der Waals surface area contributed by atoms with Gasteiger partial charge in [0.25, 0.3) is 5.91 Å². The lowest BCUT2D eigenvalue weighted by Crippen LogP contribution is -2.24. The normalized spacial score (nSPS) is 10.6. The molecule has 0 fully saturated rings. The lowest BCUT2D eigenvalue weighted by atomic mass is 10.1. The number of nitrogens with zero attached hydrogens (tertiary/aromatic N) is 1. The number of alkyl halides is 3. The fourth-order valence-corrected chi connectivity index (χ4v) is 1.46. The monoisotopic (exact) mass is 315 g/mol. The standard InChI is InChI=1S/C10H9ClF3N3O.ClH/c1-4-2-5(10(12,13)14)3-6(7(4)11)8(18)17-9(15)16;/h2-3H,1H3,(H4,15,16,17,18);1H. The number of aryl methyl sites for hydroxylation is 1. The Morgan fingerprint density at radius 2 is 1.84 bits per heavy atom. The molecule has 0 aliphatic carbocycles. The molecule has 0 heterocycles. The van der Waals surface area contributed by atoms with Crippen molar-refractivity contribution in [2.24, 2.45) is 16.5 Å². The summed E-state index contributed by atoms with van der Waals surface area (Å²) in [4.78, 5) is 14.7. The van der Waals surface area contributed by atoms with E-state index in [0.717, 1.165) is 6.07 Å². The van der Waals surface area contributed by atoms with Crippen LogP contribution in [0.15, 0.2) is 17.1 Å². The third-order valence-corrected chi connectivity index (χ3v) is 2.54. The van der Waals surface area contributed by atoms with E-state index in [1.807, 2.05) is 0 Å². The Labute approximate surface area is 118 Å². The quantitative estimate of drug-likeness (QED) is 0.617.